The van der Waals surface area contributed by atoms with Crippen LogP contribution >= 0.6 is 0 Å². The fourth-order valence-corrected chi connectivity index (χ4v) is 2.93. The topological polar surface area (TPSA) is 56.1 Å². The zero-order valence-electron chi connectivity index (χ0n) is 13.7. The Bertz CT molecular complexity index is 910. The molecule has 1 aromatic carbocycles. The SMILES string of the molecule is O=c1ccnc2cc(C3CN(OCc4ccccc4)CCO3)ccn12. The average Bonchev–Trinajstić information content (AvgIpc) is 2.67. The molecule has 2 aromatic heterocycles. The summed E-state index contributed by atoms with van der Waals surface area (Å²) in [6, 6.07) is 15.3. The Labute approximate surface area is 145 Å². The summed E-state index contributed by atoms with van der Waals surface area (Å²) in [5.41, 5.74) is 2.66. The summed E-state index contributed by atoms with van der Waals surface area (Å²) in [6.07, 6.45) is 3.16. The summed E-state index contributed by atoms with van der Waals surface area (Å²) in [5.74, 6) is 0. The summed E-state index contributed by atoms with van der Waals surface area (Å²) in [6.45, 7) is 2.51. The van der Waals surface area contributed by atoms with Gasteiger partial charge in [-0.1, -0.05) is 30.3 Å². The first-order valence-electron chi connectivity index (χ1n) is 8.30. The highest BCUT2D eigenvalue weighted by molar-refractivity contribution is 5.41. The number of nitrogens with zero attached hydrogens (tertiary/aromatic N) is 3. The molecule has 0 spiro atoms. The van der Waals surface area contributed by atoms with Crippen molar-refractivity contribution in [2.45, 2.75) is 12.7 Å². The van der Waals surface area contributed by atoms with E-state index in [9.17, 15) is 4.79 Å². The lowest BCUT2D eigenvalue weighted by atomic mass is 10.1. The molecule has 0 bridgehead atoms. The van der Waals surface area contributed by atoms with Crippen LogP contribution in [0, 0.1) is 0 Å². The third-order valence-electron chi connectivity index (χ3n) is 4.28. The molecule has 25 heavy (non-hydrogen) atoms. The number of fused-ring (bicyclic) bond motifs is 1. The quantitative estimate of drug-likeness (QED) is 0.730. The van der Waals surface area contributed by atoms with Crippen molar-refractivity contribution in [3.63, 3.8) is 0 Å². The van der Waals surface area contributed by atoms with E-state index in [-0.39, 0.29) is 11.7 Å². The largest absolute Gasteiger partial charge is 0.371 e. The van der Waals surface area contributed by atoms with Gasteiger partial charge in [0, 0.05) is 25.0 Å². The van der Waals surface area contributed by atoms with Crippen molar-refractivity contribution in [2.24, 2.45) is 0 Å². The molecule has 128 valence electrons. The zero-order valence-corrected chi connectivity index (χ0v) is 13.7. The maximum absolute atomic E-state index is 11.8. The van der Waals surface area contributed by atoms with E-state index < -0.39 is 0 Å². The molecule has 6 nitrogen and oxygen atoms in total. The highest BCUT2D eigenvalue weighted by Gasteiger charge is 2.23. The number of ether oxygens (including phenoxy) is 1. The molecular weight excluding hydrogens is 318 g/mol. The summed E-state index contributed by atoms with van der Waals surface area (Å²) < 4.78 is 7.41. The van der Waals surface area contributed by atoms with E-state index in [4.69, 9.17) is 9.57 Å². The molecule has 1 fully saturated rings. The highest BCUT2D eigenvalue weighted by atomic mass is 16.7. The Kier molecular flexibility index (Phi) is 4.56. The Morgan fingerprint density at radius 2 is 2.08 bits per heavy atom. The third-order valence-corrected chi connectivity index (χ3v) is 4.28. The van der Waals surface area contributed by atoms with Gasteiger partial charge in [-0.25, -0.2) is 4.98 Å². The molecule has 1 aliphatic heterocycles. The molecule has 6 heteroatoms. The second-order valence-corrected chi connectivity index (χ2v) is 5.98. The summed E-state index contributed by atoms with van der Waals surface area (Å²) >= 11 is 0. The minimum Gasteiger partial charge on any atom is -0.371 e. The number of hydrogen-bond acceptors (Lipinski definition) is 5. The maximum Gasteiger partial charge on any atom is 0.257 e. The van der Waals surface area contributed by atoms with Crippen molar-refractivity contribution >= 4 is 5.65 Å². The second-order valence-electron chi connectivity index (χ2n) is 5.98. The number of aromatic nitrogens is 2. The van der Waals surface area contributed by atoms with Gasteiger partial charge in [-0.15, -0.1) is 0 Å². The fourth-order valence-electron chi connectivity index (χ4n) is 2.93. The number of pyridine rings is 1. The molecule has 0 radical (unpaired) electrons. The number of rotatable bonds is 4. The molecule has 1 atom stereocenters. The van der Waals surface area contributed by atoms with Crippen LogP contribution in [0.5, 0.6) is 0 Å². The lowest BCUT2D eigenvalue weighted by Gasteiger charge is -2.32. The predicted molar refractivity (Wildman–Crippen MR) is 93.0 cm³/mol. The van der Waals surface area contributed by atoms with Gasteiger partial charge in [-0.05, 0) is 23.3 Å². The van der Waals surface area contributed by atoms with Crippen LogP contribution in [0.2, 0.25) is 0 Å². The van der Waals surface area contributed by atoms with Gasteiger partial charge in [0.2, 0.25) is 0 Å². The maximum atomic E-state index is 11.8. The number of hydroxylamine groups is 2. The summed E-state index contributed by atoms with van der Waals surface area (Å²) in [7, 11) is 0. The van der Waals surface area contributed by atoms with Crippen molar-refractivity contribution in [1.29, 1.82) is 0 Å². The van der Waals surface area contributed by atoms with Crippen LogP contribution in [0.1, 0.15) is 17.2 Å². The van der Waals surface area contributed by atoms with Crippen LogP contribution in [-0.4, -0.2) is 34.1 Å². The number of hydrogen-bond donors (Lipinski definition) is 0. The monoisotopic (exact) mass is 337 g/mol. The Balaban J connectivity index is 1.46. The first kappa shape index (κ1) is 16.0. The van der Waals surface area contributed by atoms with E-state index in [0.29, 0.717) is 25.4 Å². The molecule has 1 saturated heterocycles. The highest BCUT2D eigenvalue weighted by Crippen LogP contribution is 2.23. The smallest absolute Gasteiger partial charge is 0.257 e. The molecule has 3 aromatic rings. The third kappa shape index (κ3) is 3.61. The Morgan fingerprint density at radius 3 is 2.96 bits per heavy atom. The van der Waals surface area contributed by atoms with Gasteiger partial charge in [-0.3, -0.25) is 14.0 Å². The van der Waals surface area contributed by atoms with Crippen molar-refractivity contribution in [3.8, 4) is 0 Å². The van der Waals surface area contributed by atoms with E-state index in [2.05, 4.69) is 4.98 Å². The molecular formula is C19H19N3O3. The van der Waals surface area contributed by atoms with Gasteiger partial charge in [0.15, 0.2) is 0 Å². The fraction of sp³-hybridized carbons (Fsp3) is 0.263. The minimum absolute atomic E-state index is 0.0890. The minimum atomic E-state index is -0.105. The van der Waals surface area contributed by atoms with Crippen molar-refractivity contribution in [1.82, 2.24) is 14.4 Å². The molecule has 4 rings (SSSR count). The molecule has 1 unspecified atom stereocenters. The van der Waals surface area contributed by atoms with E-state index >= 15 is 0 Å². The van der Waals surface area contributed by atoms with Crippen LogP contribution < -0.4 is 5.56 Å². The van der Waals surface area contributed by atoms with Crippen molar-refractivity contribution < 1.29 is 9.57 Å². The molecule has 1 aliphatic rings. The van der Waals surface area contributed by atoms with Crippen molar-refractivity contribution in [3.05, 3.63) is 82.4 Å². The van der Waals surface area contributed by atoms with Crippen LogP contribution in [0.15, 0.2) is 65.7 Å². The standard InChI is InChI=1S/C19H19N3O3/c23-19-6-8-20-18-12-16(7-9-22(18)19)17-13-21(10-11-24-17)25-14-15-4-2-1-3-5-15/h1-9,12,17H,10-11,13-14H2. The second kappa shape index (κ2) is 7.14. The number of morpholine rings is 1. The Hall–Kier alpha value is -2.54. The van der Waals surface area contributed by atoms with Gasteiger partial charge in [0.25, 0.3) is 5.56 Å². The lowest BCUT2D eigenvalue weighted by molar-refractivity contribution is -0.220. The summed E-state index contributed by atoms with van der Waals surface area (Å²) in [4.78, 5) is 22.0. The van der Waals surface area contributed by atoms with E-state index in [0.717, 1.165) is 17.7 Å². The first-order chi connectivity index (χ1) is 12.3. The Morgan fingerprint density at radius 1 is 1.20 bits per heavy atom. The van der Waals surface area contributed by atoms with Gasteiger partial charge in [0.1, 0.15) is 5.65 Å². The van der Waals surface area contributed by atoms with Crippen LogP contribution in [-0.2, 0) is 16.2 Å². The van der Waals surface area contributed by atoms with E-state index in [1.54, 1.807) is 6.20 Å². The molecule has 0 amide bonds. The normalized spacial score (nSPS) is 18.5. The average molecular weight is 337 g/mol. The number of benzene rings is 1. The van der Waals surface area contributed by atoms with E-state index in [1.165, 1.54) is 16.7 Å². The van der Waals surface area contributed by atoms with Gasteiger partial charge >= 0.3 is 0 Å². The van der Waals surface area contributed by atoms with Gasteiger partial charge < -0.3 is 4.74 Å². The predicted octanol–water partition coefficient (Wildman–Crippen LogP) is 2.20. The first-order valence-corrected chi connectivity index (χ1v) is 8.30. The van der Waals surface area contributed by atoms with Crippen LogP contribution in [0.25, 0.3) is 5.65 Å². The van der Waals surface area contributed by atoms with Gasteiger partial charge in [-0.2, -0.15) is 5.06 Å². The van der Waals surface area contributed by atoms with Crippen LogP contribution in [0.3, 0.4) is 0 Å². The van der Waals surface area contributed by atoms with Crippen molar-refractivity contribution in [2.75, 3.05) is 19.7 Å². The van der Waals surface area contributed by atoms with Gasteiger partial charge in [0.05, 0.1) is 25.9 Å². The lowest BCUT2D eigenvalue weighted by Crippen LogP contribution is -2.38. The molecule has 3 heterocycles. The molecule has 0 saturated carbocycles. The van der Waals surface area contributed by atoms with E-state index in [1.807, 2.05) is 47.5 Å². The van der Waals surface area contributed by atoms with Crippen LogP contribution in [0.4, 0.5) is 0 Å². The molecule has 0 N–H and O–H groups in total. The summed E-state index contributed by atoms with van der Waals surface area (Å²) in [5, 5.41) is 1.94. The molecule has 0 aliphatic carbocycles. The zero-order chi connectivity index (χ0) is 17.1.